The highest BCUT2D eigenvalue weighted by atomic mass is 16.5. The molecule has 1 N–H and O–H groups in total. The molecule has 6 rings (SSSR count). The van der Waals surface area contributed by atoms with E-state index in [1.165, 1.54) is 35.3 Å². The first kappa shape index (κ1) is 19.6. The highest BCUT2D eigenvalue weighted by Crippen LogP contribution is 2.65. The Hall–Kier alpha value is -2.06. The zero-order chi connectivity index (χ0) is 21.4. The van der Waals surface area contributed by atoms with E-state index in [1.54, 1.807) is 5.57 Å². The quantitative estimate of drug-likeness (QED) is 0.657. The third-order valence-electron chi connectivity index (χ3n) is 9.66. The second kappa shape index (κ2) is 6.72. The zero-order valence-corrected chi connectivity index (χ0v) is 18.9. The second-order valence-electron chi connectivity index (χ2n) is 11.1. The lowest BCUT2D eigenvalue weighted by molar-refractivity contribution is -0.0288. The molecule has 162 valence electrons. The van der Waals surface area contributed by atoms with Crippen LogP contribution in [0, 0.1) is 28.6 Å². The van der Waals surface area contributed by atoms with Gasteiger partial charge in [-0.2, -0.15) is 0 Å². The van der Waals surface area contributed by atoms with Crippen molar-refractivity contribution in [2.75, 3.05) is 0 Å². The van der Waals surface area contributed by atoms with Gasteiger partial charge >= 0.3 is 0 Å². The van der Waals surface area contributed by atoms with Crippen molar-refractivity contribution in [3.05, 3.63) is 70.3 Å². The minimum atomic E-state index is -0.130. The lowest BCUT2D eigenvalue weighted by Gasteiger charge is -2.57. The molecule has 0 spiro atoms. The van der Waals surface area contributed by atoms with Crippen LogP contribution in [0.25, 0.3) is 11.8 Å². The van der Waals surface area contributed by atoms with E-state index < -0.39 is 0 Å². The van der Waals surface area contributed by atoms with Crippen LogP contribution >= 0.6 is 0 Å². The smallest absolute Gasteiger partial charge is 0.138 e. The van der Waals surface area contributed by atoms with Gasteiger partial charge in [0.15, 0.2) is 0 Å². The highest BCUT2D eigenvalue weighted by molar-refractivity contribution is 5.67. The van der Waals surface area contributed by atoms with Crippen molar-refractivity contribution in [2.24, 2.45) is 28.6 Å². The molecule has 0 bridgehead atoms. The van der Waals surface area contributed by atoms with Gasteiger partial charge in [0.25, 0.3) is 0 Å². The standard InChI is InChI=1S/C29H34O2/c1-18-16-19-6-4-5-7-22(19)27(31-18)26-11-10-24-23-9-8-20-17-21(30)12-14-28(20,2)25(23)13-15-29(24,26)3/h4-8,11,16,21,23-25,30H,1,9-10,12-15,17H2,2-3H3. The molecule has 5 aliphatic rings. The minimum absolute atomic E-state index is 0.130. The number of aliphatic hydroxyl groups is 1. The number of hydrogen-bond donors (Lipinski definition) is 1. The van der Waals surface area contributed by atoms with Gasteiger partial charge < -0.3 is 9.84 Å². The normalized spacial score (nSPS) is 41.0. The highest BCUT2D eigenvalue weighted by Gasteiger charge is 2.57. The molecule has 1 aromatic carbocycles. The number of aliphatic hydroxyl groups excluding tert-OH is 1. The van der Waals surface area contributed by atoms with Crippen LogP contribution < -0.4 is 10.4 Å². The number of fused-ring (bicyclic) bond motifs is 6. The first-order valence-electron chi connectivity index (χ1n) is 12.2. The average molecular weight is 415 g/mol. The molecule has 2 heteroatoms. The molecule has 6 unspecified atom stereocenters. The monoisotopic (exact) mass is 414 g/mol. The summed E-state index contributed by atoms with van der Waals surface area (Å²) in [4.78, 5) is 0. The van der Waals surface area contributed by atoms with Crippen LogP contribution in [0.4, 0.5) is 0 Å². The molecule has 1 aliphatic heterocycles. The Morgan fingerprint density at radius 2 is 1.81 bits per heavy atom. The van der Waals surface area contributed by atoms with Gasteiger partial charge in [0.05, 0.1) is 6.10 Å². The molecule has 0 aromatic heterocycles. The van der Waals surface area contributed by atoms with Gasteiger partial charge in [-0.15, -0.1) is 0 Å². The van der Waals surface area contributed by atoms with Gasteiger partial charge in [-0.3, -0.25) is 0 Å². The first-order valence-corrected chi connectivity index (χ1v) is 12.2. The maximum absolute atomic E-state index is 10.3. The number of hydrogen-bond acceptors (Lipinski definition) is 2. The van der Waals surface area contributed by atoms with Gasteiger partial charge in [0, 0.05) is 5.22 Å². The molecule has 2 nitrogen and oxygen atoms in total. The van der Waals surface area contributed by atoms with Crippen LogP contribution in [-0.2, 0) is 4.74 Å². The molecule has 2 saturated carbocycles. The van der Waals surface area contributed by atoms with E-state index in [9.17, 15) is 5.11 Å². The van der Waals surface area contributed by atoms with Crippen molar-refractivity contribution >= 4 is 11.8 Å². The van der Waals surface area contributed by atoms with Crippen molar-refractivity contribution < 1.29 is 9.84 Å². The molecular formula is C29H34O2. The van der Waals surface area contributed by atoms with E-state index in [0.717, 1.165) is 49.0 Å². The van der Waals surface area contributed by atoms with Gasteiger partial charge in [0.1, 0.15) is 11.5 Å². The van der Waals surface area contributed by atoms with Crippen molar-refractivity contribution in [1.29, 1.82) is 0 Å². The summed E-state index contributed by atoms with van der Waals surface area (Å²) in [5.41, 5.74) is 3.41. The minimum Gasteiger partial charge on any atom is -0.457 e. The van der Waals surface area contributed by atoms with E-state index in [4.69, 9.17) is 4.74 Å². The number of allylic oxidation sites excluding steroid dienone is 3. The van der Waals surface area contributed by atoms with Crippen molar-refractivity contribution in [3.8, 4) is 0 Å². The van der Waals surface area contributed by atoms with Crippen molar-refractivity contribution in [3.63, 3.8) is 0 Å². The molecule has 4 aliphatic carbocycles. The Morgan fingerprint density at radius 3 is 2.68 bits per heavy atom. The SMILES string of the molecule is C=C1C=c2ccccc2=C(C2=CCC3C4CC=C5CC(O)CCC5(C)C4CCC23C)O1. The number of benzene rings is 1. The van der Waals surface area contributed by atoms with Crippen LogP contribution in [0.5, 0.6) is 0 Å². The molecule has 1 aromatic rings. The van der Waals surface area contributed by atoms with Crippen LogP contribution in [0.1, 0.15) is 58.8 Å². The summed E-state index contributed by atoms with van der Waals surface area (Å²) in [5, 5.41) is 12.7. The van der Waals surface area contributed by atoms with E-state index in [0.29, 0.717) is 5.92 Å². The Labute approximate surface area is 185 Å². The van der Waals surface area contributed by atoms with Crippen molar-refractivity contribution in [1.82, 2.24) is 0 Å². The maximum atomic E-state index is 10.3. The molecule has 0 amide bonds. The Morgan fingerprint density at radius 1 is 1.00 bits per heavy atom. The van der Waals surface area contributed by atoms with Crippen LogP contribution in [0.15, 0.2) is 59.9 Å². The Kier molecular flexibility index (Phi) is 4.25. The van der Waals surface area contributed by atoms with E-state index in [-0.39, 0.29) is 16.9 Å². The Balaban J connectivity index is 1.39. The van der Waals surface area contributed by atoms with E-state index in [1.807, 2.05) is 0 Å². The fourth-order valence-electron chi connectivity index (χ4n) is 7.98. The zero-order valence-electron chi connectivity index (χ0n) is 18.9. The maximum Gasteiger partial charge on any atom is 0.138 e. The predicted molar refractivity (Wildman–Crippen MR) is 125 cm³/mol. The van der Waals surface area contributed by atoms with Gasteiger partial charge in [0.2, 0.25) is 0 Å². The molecule has 0 radical (unpaired) electrons. The van der Waals surface area contributed by atoms with Crippen LogP contribution in [-0.4, -0.2) is 11.2 Å². The van der Waals surface area contributed by atoms with Gasteiger partial charge in [-0.05, 0) is 90.4 Å². The Bertz CT molecular complexity index is 1140. The van der Waals surface area contributed by atoms with Gasteiger partial charge in [-0.1, -0.05) is 62.4 Å². The van der Waals surface area contributed by atoms with Crippen LogP contribution in [0.3, 0.4) is 0 Å². The lowest BCUT2D eigenvalue weighted by Crippen LogP contribution is -2.50. The molecule has 2 fully saturated rings. The third kappa shape index (κ3) is 2.73. The number of rotatable bonds is 1. The van der Waals surface area contributed by atoms with E-state index in [2.05, 4.69) is 62.9 Å². The lowest BCUT2D eigenvalue weighted by atomic mass is 9.47. The van der Waals surface area contributed by atoms with Crippen LogP contribution in [0.2, 0.25) is 0 Å². The molecule has 6 atom stereocenters. The molecule has 1 heterocycles. The fraction of sp³-hybridized carbons (Fsp3) is 0.517. The summed E-state index contributed by atoms with van der Waals surface area (Å²) in [5.74, 6) is 3.94. The topological polar surface area (TPSA) is 29.5 Å². The summed E-state index contributed by atoms with van der Waals surface area (Å²) < 4.78 is 6.32. The summed E-state index contributed by atoms with van der Waals surface area (Å²) in [6.45, 7) is 9.13. The molecule has 31 heavy (non-hydrogen) atoms. The molecular weight excluding hydrogens is 380 g/mol. The first-order chi connectivity index (χ1) is 14.9. The summed E-state index contributed by atoms with van der Waals surface area (Å²) in [7, 11) is 0. The number of ether oxygens (including phenoxy) is 1. The summed E-state index contributed by atoms with van der Waals surface area (Å²) in [6, 6.07) is 8.57. The fourth-order valence-corrected chi connectivity index (χ4v) is 7.98. The molecule has 0 saturated heterocycles. The summed E-state index contributed by atoms with van der Waals surface area (Å²) in [6.07, 6.45) is 14.8. The average Bonchev–Trinajstić information content (AvgIpc) is 3.10. The predicted octanol–water partition coefficient (Wildman–Crippen LogP) is 4.98. The largest absolute Gasteiger partial charge is 0.457 e. The summed E-state index contributed by atoms with van der Waals surface area (Å²) >= 11 is 0. The van der Waals surface area contributed by atoms with Gasteiger partial charge in [-0.25, -0.2) is 0 Å². The third-order valence-corrected chi connectivity index (χ3v) is 9.66. The van der Waals surface area contributed by atoms with E-state index >= 15 is 0 Å². The van der Waals surface area contributed by atoms with Crippen molar-refractivity contribution in [2.45, 2.75) is 64.9 Å². The second-order valence-corrected chi connectivity index (χ2v) is 11.1.